The zero-order chi connectivity index (χ0) is 19.1. The Morgan fingerprint density at radius 1 is 0.815 bits per heavy atom. The van der Waals surface area contributed by atoms with E-state index >= 15 is 0 Å². The van der Waals surface area contributed by atoms with Crippen LogP contribution in [0.5, 0.6) is 11.5 Å². The molecular weight excluding hydrogens is 344 g/mol. The van der Waals surface area contributed by atoms with Crippen LogP contribution in [0.15, 0.2) is 60.7 Å². The van der Waals surface area contributed by atoms with Crippen LogP contribution in [0.4, 0.5) is 0 Å². The van der Waals surface area contributed by atoms with Gasteiger partial charge in [0.2, 0.25) is 0 Å². The summed E-state index contributed by atoms with van der Waals surface area (Å²) < 4.78 is 5.22. The molecule has 0 radical (unpaired) electrons. The molecule has 1 aliphatic carbocycles. The maximum atomic E-state index is 13.0. The molecule has 0 bridgehead atoms. The minimum atomic E-state index is -1.12. The van der Waals surface area contributed by atoms with Gasteiger partial charge in [-0.05, 0) is 17.7 Å². The molecule has 0 saturated carbocycles. The molecule has 5 nitrogen and oxygen atoms in total. The third-order valence-corrected chi connectivity index (χ3v) is 4.81. The highest BCUT2D eigenvalue weighted by molar-refractivity contribution is 6.30. The average Bonchev–Trinajstić information content (AvgIpc) is 2.71. The molecule has 134 valence electrons. The second-order valence-electron chi connectivity index (χ2n) is 6.28. The molecule has 27 heavy (non-hydrogen) atoms. The van der Waals surface area contributed by atoms with Gasteiger partial charge in [0.1, 0.15) is 17.6 Å². The van der Waals surface area contributed by atoms with E-state index < -0.39 is 17.7 Å². The third-order valence-electron chi connectivity index (χ3n) is 4.81. The van der Waals surface area contributed by atoms with Crippen LogP contribution >= 0.6 is 0 Å². The third kappa shape index (κ3) is 2.52. The lowest BCUT2D eigenvalue weighted by Gasteiger charge is -2.22. The van der Waals surface area contributed by atoms with E-state index in [2.05, 4.69) is 0 Å². The highest BCUT2D eigenvalue weighted by atomic mass is 16.5. The molecule has 0 aromatic heterocycles. The predicted octanol–water partition coefficient (Wildman–Crippen LogP) is 3.26. The van der Waals surface area contributed by atoms with Crippen molar-refractivity contribution in [2.75, 3.05) is 7.11 Å². The first-order valence-corrected chi connectivity index (χ1v) is 8.40. The molecule has 1 atom stereocenters. The Morgan fingerprint density at radius 2 is 1.48 bits per heavy atom. The summed E-state index contributed by atoms with van der Waals surface area (Å²) in [6, 6.07) is 16.5. The van der Waals surface area contributed by atoms with Gasteiger partial charge in [0, 0.05) is 16.7 Å². The lowest BCUT2D eigenvalue weighted by Crippen LogP contribution is -2.22. The zero-order valence-electron chi connectivity index (χ0n) is 14.5. The van der Waals surface area contributed by atoms with Gasteiger partial charge in [0.15, 0.2) is 11.6 Å². The number of carbonyl (C=O) groups excluding carboxylic acids is 2. The molecule has 2 N–H and O–H groups in total. The lowest BCUT2D eigenvalue weighted by atomic mass is 9.81. The first kappa shape index (κ1) is 17.0. The van der Waals surface area contributed by atoms with Crippen LogP contribution in [0.1, 0.15) is 49.1 Å². The number of aliphatic hydroxyl groups is 1. The summed E-state index contributed by atoms with van der Waals surface area (Å²) >= 11 is 0. The highest BCUT2D eigenvalue weighted by Gasteiger charge is 2.35. The van der Waals surface area contributed by atoms with Crippen molar-refractivity contribution in [3.05, 3.63) is 94.0 Å². The quantitative estimate of drug-likeness (QED) is 0.586. The number of methoxy groups -OCH3 is 1. The van der Waals surface area contributed by atoms with Crippen molar-refractivity contribution in [3.63, 3.8) is 0 Å². The number of ketones is 2. The first-order valence-electron chi connectivity index (χ1n) is 8.40. The van der Waals surface area contributed by atoms with E-state index in [-0.39, 0.29) is 33.6 Å². The molecule has 4 rings (SSSR count). The Balaban J connectivity index is 1.89. The summed E-state index contributed by atoms with van der Waals surface area (Å²) in [5.41, 5.74) is 1.12. The Labute approximate surface area is 155 Å². The Morgan fingerprint density at radius 3 is 2.19 bits per heavy atom. The number of hydrogen-bond acceptors (Lipinski definition) is 5. The maximum Gasteiger partial charge on any atom is 0.198 e. The summed E-state index contributed by atoms with van der Waals surface area (Å²) in [6.07, 6.45) is -1.12. The molecule has 0 saturated heterocycles. The van der Waals surface area contributed by atoms with E-state index in [4.69, 9.17) is 4.74 Å². The molecule has 0 fully saturated rings. The maximum absolute atomic E-state index is 13.0. The fourth-order valence-electron chi connectivity index (χ4n) is 3.46. The molecule has 0 spiro atoms. The first-order chi connectivity index (χ1) is 13.0. The van der Waals surface area contributed by atoms with E-state index in [0.717, 1.165) is 0 Å². The molecule has 0 aliphatic heterocycles. The number of aromatic hydroxyl groups is 1. The molecule has 1 unspecified atom stereocenters. The van der Waals surface area contributed by atoms with Gasteiger partial charge < -0.3 is 14.9 Å². The van der Waals surface area contributed by atoms with Gasteiger partial charge in [0.25, 0.3) is 0 Å². The Kier molecular flexibility index (Phi) is 4.01. The van der Waals surface area contributed by atoms with Crippen LogP contribution in [-0.4, -0.2) is 28.9 Å². The molecule has 1 aliphatic rings. The van der Waals surface area contributed by atoms with Crippen LogP contribution < -0.4 is 4.74 Å². The second kappa shape index (κ2) is 6.37. The number of rotatable bonds is 3. The number of phenols is 1. The number of ether oxygens (including phenoxy) is 1. The van der Waals surface area contributed by atoms with E-state index in [1.54, 1.807) is 36.4 Å². The molecule has 0 heterocycles. The van der Waals surface area contributed by atoms with E-state index in [9.17, 15) is 19.8 Å². The van der Waals surface area contributed by atoms with Gasteiger partial charge in [0.05, 0.1) is 18.2 Å². The van der Waals surface area contributed by atoms with Crippen LogP contribution in [0.2, 0.25) is 0 Å². The minimum absolute atomic E-state index is 0.0896. The van der Waals surface area contributed by atoms with Crippen molar-refractivity contribution in [2.24, 2.45) is 0 Å². The number of carbonyl (C=O) groups is 2. The standard InChI is InChI=1S/C22H16O5/c1-27-16-9-5-8-13-17(16)20(24)14-10-11-15(22(26)18(14)21(13)25)19(23)12-6-3-2-4-7-12/h2-11,19,23,26H,1H3. The number of phenolic OH excluding ortho intramolecular Hbond substituents is 1. The van der Waals surface area contributed by atoms with Gasteiger partial charge in [-0.15, -0.1) is 0 Å². The molecule has 5 heteroatoms. The number of aliphatic hydroxyl groups excluding tert-OH is 1. The van der Waals surface area contributed by atoms with Crippen molar-refractivity contribution in [2.45, 2.75) is 6.10 Å². The van der Waals surface area contributed by atoms with Crippen LogP contribution in [0.3, 0.4) is 0 Å². The normalized spacial score (nSPS) is 13.7. The van der Waals surface area contributed by atoms with E-state index in [0.29, 0.717) is 11.3 Å². The van der Waals surface area contributed by atoms with Crippen LogP contribution in [-0.2, 0) is 0 Å². The van der Waals surface area contributed by atoms with Gasteiger partial charge in [-0.1, -0.05) is 48.5 Å². The largest absolute Gasteiger partial charge is 0.507 e. The summed E-state index contributed by atoms with van der Waals surface area (Å²) in [4.78, 5) is 25.9. The van der Waals surface area contributed by atoms with Gasteiger partial charge in [-0.3, -0.25) is 9.59 Å². The van der Waals surface area contributed by atoms with Crippen molar-refractivity contribution in [1.82, 2.24) is 0 Å². The Bertz CT molecular complexity index is 1070. The summed E-state index contributed by atoms with van der Waals surface area (Å²) in [5.74, 6) is -0.939. The van der Waals surface area contributed by atoms with Crippen LogP contribution in [0, 0.1) is 0 Å². The molecule has 0 amide bonds. The van der Waals surface area contributed by atoms with Gasteiger partial charge in [-0.25, -0.2) is 0 Å². The monoisotopic (exact) mass is 360 g/mol. The van der Waals surface area contributed by atoms with Crippen LogP contribution in [0.25, 0.3) is 0 Å². The number of fused-ring (bicyclic) bond motifs is 2. The van der Waals surface area contributed by atoms with Crippen molar-refractivity contribution in [1.29, 1.82) is 0 Å². The van der Waals surface area contributed by atoms with Crippen molar-refractivity contribution in [3.8, 4) is 11.5 Å². The average molecular weight is 360 g/mol. The lowest BCUT2D eigenvalue weighted by molar-refractivity contribution is 0.0973. The zero-order valence-corrected chi connectivity index (χ0v) is 14.5. The minimum Gasteiger partial charge on any atom is -0.507 e. The molecular formula is C22H16O5. The highest BCUT2D eigenvalue weighted by Crippen LogP contribution is 2.40. The topological polar surface area (TPSA) is 83.8 Å². The van der Waals surface area contributed by atoms with Gasteiger partial charge >= 0.3 is 0 Å². The smallest absolute Gasteiger partial charge is 0.198 e. The molecule has 3 aromatic rings. The van der Waals surface area contributed by atoms with E-state index in [1.807, 2.05) is 6.07 Å². The van der Waals surface area contributed by atoms with Gasteiger partial charge in [-0.2, -0.15) is 0 Å². The predicted molar refractivity (Wildman–Crippen MR) is 98.5 cm³/mol. The fourth-order valence-corrected chi connectivity index (χ4v) is 3.46. The van der Waals surface area contributed by atoms with Crippen molar-refractivity contribution >= 4 is 11.6 Å². The molecule has 3 aromatic carbocycles. The SMILES string of the molecule is COc1cccc2c1C(=O)c1ccc(C(O)c3ccccc3)c(O)c1C2=O. The van der Waals surface area contributed by atoms with Crippen molar-refractivity contribution < 1.29 is 24.5 Å². The summed E-state index contributed by atoms with van der Waals surface area (Å²) in [5, 5.41) is 21.4. The fraction of sp³-hybridized carbons (Fsp3) is 0.0909. The summed E-state index contributed by atoms with van der Waals surface area (Å²) in [7, 11) is 1.43. The Hall–Kier alpha value is -3.44. The van der Waals surface area contributed by atoms with E-state index in [1.165, 1.54) is 25.3 Å². The second-order valence-corrected chi connectivity index (χ2v) is 6.28. The number of hydrogen-bond donors (Lipinski definition) is 2. The number of benzene rings is 3. The summed E-state index contributed by atoms with van der Waals surface area (Å²) in [6.45, 7) is 0.